The molecule has 0 aliphatic heterocycles. The van der Waals surface area contributed by atoms with Crippen LogP contribution in [0.25, 0.3) is 0 Å². The molecule has 2 rings (SSSR count). The summed E-state index contributed by atoms with van der Waals surface area (Å²) in [5.41, 5.74) is 6.74. The molecule has 0 bridgehead atoms. The number of rotatable bonds is 2. The number of aromatic nitrogens is 1. The Kier molecular flexibility index (Phi) is 3.11. The highest BCUT2D eigenvalue weighted by Gasteiger charge is 2.08. The molecule has 0 atom stereocenters. The number of nitrogens with zero attached hydrogens (tertiary/aromatic N) is 3. The van der Waals surface area contributed by atoms with Crippen LogP contribution in [0.4, 0.5) is 21.6 Å². The SMILES string of the molecule is CN(c1cccc(F)c1)c1ccc(N)c(C#N)n1. The molecule has 0 unspecified atom stereocenters. The fourth-order valence-corrected chi connectivity index (χ4v) is 1.55. The van der Waals surface area contributed by atoms with Crippen LogP contribution in [0, 0.1) is 17.1 Å². The van der Waals surface area contributed by atoms with Gasteiger partial charge in [0.15, 0.2) is 5.69 Å². The van der Waals surface area contributed by atoms with Gasteiger partial charge >= 0.3 is 0 Å². The second-order valence-corrected chi connectivity index (χ2v) is 3.76. The third kappa shape index (κ3) is 2.23. The van der Waals surface area contributed by atoms with E-state index < -0.39 is 0 Å². The molecule has 0 amide bonds. The summed E-state index contributed by atoms with van der Waals surface area (Å²) in [4.78, 5) is 5.80. The first-order valence-electron chi connectivity index (χ1n) is 5.27. The van der Waals surface area contributed by atoms with Crippen molar-refractivity contribution < 1.29 is 4.39 Å². The van der Waals surface area contributed by atoms with E-state index in [1.54, 1.807) is 36.2 Å². The second kappa shape index (κ2) is 4.72. The van der Waals surface area contributed by atoms with Crippen molar-refractivity contribution in [2.45, 2.75) is 0 Å². The number of benzene rings is 1. The second-order valence-electron chi connectivity index (χ2n) is 3.76. The van der Waals surface area contributed by atoms with Gasteiger partial charge in [0.05, 0.1) is 5.69 Å². The Hall–Kier alpha value is -2.61. The maximum atomic E-state index is 13.1. The molecule has 90 valence electrons. The topological polar surface area (TPSA) is 65.9 Å². The average Bonchev–Trinajstić information content (AvgIpc) is 2.38. The minimum Gasteiger partial charge on any atom is -0.396 e. The quantitative estimate of drug-likeness (QED) is 0.878. The van der Waals surface area contributed by atoms with E-state index in [1.165, 1.54) is 12.1 Å². The predicted octanol–water partition coefficient (Wildman–Crippen LogP) is 2.44. The van der Waals surface area contributed by atoms with E-state index in [1.807, 2.05) is 6.07 Å². The molecule has 5 heteroatoms. The summed E-state index contributed by atoms with van der Waals surface area (Å²) in [7, 11) is 1.74. The number of nitrogens with two attached hydrogens (primary N) is 1. The summed E-state index contributed by atoms with van der Waals surface area (Å²) in [6.07, 6.45) is 0. The van der Waals surface area contributed by atoms with E-state index in [9.17, 15) is 4.39 Å². The third-order valence-corrected chi connectivity index (χ3v) is 2.56. The summed E-state index contributed by atoms with van der Waals surface area (Å²) in [6.45, 7) is 0. The van der Waals surface area contributed by atoms with Gasteiger partial charge in [0.2, 0.25) is 0 Å². The molecule has 0 radical (unpaired) electrons. The fraction of sp³-hybridized carbons (Fsp3) is 0.0769. The lowest BCUT2D eigenvalue weighted by atomic mass is 10.2. The lowest BCUT2D eigenvalue weighted by Crippen LogP contribution is -2.12. The predicted molar refractivity (Wildman–Crippen MR) is 67.8 cm³/mol. The molecule has 0 aliphatic carbocycles. The zero-order valence-electron chi connectivity index (χ0n) is 9.76. The number of anilines is 3. The Balaban J connectivity index is 2.40. The molecule has 4 nitrogen and oxygen atoms in total. The molecule has 1 aromatic heterocycles. The summed E-state index contributed by atoms with van der Waals surface area (Å²) in [5.74, 6) is 0.210. The maximum absolute atomic E-state index is 13.1. The van der Waals surface area contributed by atoms with E-state index in [0.717, 1.165) is 0 Å². The fourth-order valence-electron chi connectivity index (χ4n) is 1.55. The molecule has 0 spiro atoms. The number of nitriles is 1. The minimum atomic E-state index is -0.324. The average molecular weight is 242 g/mol. The molecule has 18 heavy (non-hydrogen) atoms. The highest BCUT2D eigenvalue weighted by molar-refractivity contribution is 5.62. The van der Waals surface area contributed by atoms with Crippen molar-refractivity contribution in [3.63, 3.8) is 0 Å². The van der Waals surface area contributed by atoms with Crippen LogP contribution in [0.2, 0.25) is 0 Å². The van der Waals surface area contributed by atoms with Crippen LogP contribution in [0.3, 0.4) is 0 Å². The van der Waals surface area contributed by atoms with Crippen LogP contribution in [0.15, 0.2) is 36.4 Å². The van der Waals surface area contributed by atoms with Crippen LogP contribution >= 0.6 is 0 Å². The molecule has 0 aliphatic rings. The highest BCUT2D eigenvalue weighted by atomic mass is 19.1. The molecule has 2 N–H and O–H groups in total. The van der Waals surface area contributed by atoms with Gasteiger partial charge in [-0.2, -0.15) is 5.26 Å². The van der Waals surface area contributed by atoms with Gasteiger partial charge in [0, 0.05) is 12.7 Å². The van der Waals surface area contributed by atoms with Crippen LogP contribution in [0.1, 0.15) is 5.69 Å². The minimum absolute atomic E-state index is 0.163. The van der Waals surface area contributed by atoms with Crippen LogP contribution in [-0.2, 0) is 0 Å². The molecular weight excluding hydrogens is 231 g/mol. The van der Waals surface area contributed by atoms with Gasteiger partial charge in [-0.05, 0) is 30.3 Å². The van der Waals surface area contributed by atoms with Crippen LogP contribution in [0.5, 0.6) is 0 Å². The number of hydrogen-bond donors (Lipinski definition) is 1. The molecule has 1 aromatic carbocycles. The number of nitrogen functional groups attached to an aromatic ring is 1. The van der Waals surface area contributed by atoms with Gasteiger partial charge in [-0.25, -0.2) is 9.37 Å². The van der Waals surface area contributed by atoms with Gasteiger partial charge in [-0.3, -0.25) is 0 Å². The lowest BCUT2D eigenvalue weighted by Gasteiger charge is -2.18. The molecule has 0 saturated heterocycles. The monoisotopic (exact) mass is 242 g/mol. The molecular formula is C13H11FN4. The zero-order chi connectivity index (χ0) is 13.1. The Morgan fingerprint density at radius 2 is 2.11 bits per heavy atom. The maximum Gasteiger partial charge on any atom is 0.165 e. The Morgan fingerprint density at radius 3 is 2.78 bits per heavy atom. The largest absolute Gasteiger partial charge is 0.396 e. The van der Waals surface area contributed by atoms with Crippen molar-refractivity contribution >= 4 is 17.2 Å². The Labute approximate surface area is 104 Å². The normalized spacial score (nSPS) is 9.83. The van der Waals surface area contributed by atoms with Crippen molar-refractivity contribution in [3.05, 3.63) is 47.9 Å². The zero-order valence-corrected chi connectivity index (χ0v) is 9.76. The molecule has 0 fully saturated rings. The van der Waals surface area contributed by atoms with E-state index in [2.05, 4.69) is 4.98 Å². The van der Waals surface area contributed by atoms with Crippen molar-refractivity contribution in [2.24, 2.45) is 0 Å². The van der Waals surface area contributed by atoms with Crippen LogP contribution in [-0.4, -0.2) is 12.0 Å². The van der Waals surface area contributed by atoms with E-state index in [4.69, 9.17) is 11.0 Å². The van der Waals surface area contributed by atoms with Gasteiger partial charge in [0.1, 0.15) is 17.7 Å². The first-order chi connectivity index (χ1) is 8.61. The summed E-state index contributed by atoms with van der Waals surface area (Å²) < 4.78 is 13.1. The van der Waals surface area contributed by atoms with Gasteiger partial charge in [-0.15, -0.1) is 0 Å². The van der Waals surface area contributed by atoms with Crippen molar-refractivity contribution in [2.75, 3.05) is 17.7 Å². The van der Waals surface area contributed by atoms with Gasteiger partial charge < -0.3 is 10.6 Å². The summed E-state index contributed by atoms with van der Waals surface area (Å²) >= 11 is 0. The van der Waals surface area contributed by atoms with Gasteiger partial charge in [0.25, 0.3) is 0 Å². The number of halogens is 1. The molecule has 0 saturated carbocycles. The van der Waals surface area contributed by atoms with Crippen LogP contribution < -0.4 is 10.6 Å². The number of pyridine rings is 1. The highest BCUT2D eigenvalue weighted by Crippen LogP contribution is 2.23. The Morgan fingerprint density at radius 1 is 1.33 bits per heavy atom. The molecule has 2 aromatic rings. The third-order valence-electron chi connectivity index (χ3n) is 2.56. The smallest absolute Gasteiger partial charge is 0.165 e. The Bertz CT molecular complexity index is 619. The van der Waals surface area contributed by atoms with Crippen molar-refractivity contribution in [1.82, 2.24) is 4.98 Å². The van der Waals surface area contributed by atoms with Crippen molar-refractivity contribution in [1.29, 1.82) is 5.26 Å². The first kappa shape index (κ1) is 11.9. The van der Waals surface area contributed by atoms with Gasteiger partial charge in [-0.1, -0.05) is 6.07 Å². The molecule has 1 heterocycles. The van der Waals surface area contributed by atoms with Crippen molar-refractivity contribution in [3.8, 4) is 6.07 Å². The lowest BCUT2D eigenvalue weighted by molar-refractivity contribution is 0.628. The standard InChI is InChI=1S/C13H11FN4/c1-18(10-4-2-3-9(14)7-10)13-6-5-11(16)12(8-15)17-13/h2-7H,16H2,1H3. The summed E-state index contributed by atoms with van der Waals surface area (Å²) in [5, 5.41) is 8.87. The van der Waals surface area contributed by atoms with E-state index >= 15 is 0 Å². The van der Waals surface area contributed by atoms with E-state index in [-0.39, 0.29) is 11.5 Å². The van der Waals surface area contributed by atoms with E-state index in [0.29, 0.717) is 17.2 Å². The first-order valence-corrected chi connectivity index (χ1v) is 5.27. The summed E-state index contributed by atoms with van der Waals surface area (Å²) in [6, 6.07) is 11.3. The number of hydrogen-bond acceptors (Lipinski definition) is 4.